The number of hydrogen-bond donors (Lipinski definition) is 2. The number of benzene rings is 2. The van der Waals surface area contributed by atoms with E-state index in [2.05, 4.69) is 29.6 Å². The highest BCUT2D eigenvalue weighted by molar-refractivity contribution is 5.27. The van der Waals surface area contributed by atoms with Crippen LogP contribution < -0.4 is 15.8 Å². The quantitative estimate of drug-likeness (QED) is 0.834. The Bertz CT molecular complexity index is 508. The second-order valence-corrected chi connectivity index (χ2v) is 4.48. The highest BCUT2D eigenvalue weighted by Gasteiger charge is 1.97. The lowest BCUT2D eigenvalue weighted by atomic mass is 10.1. The highest BCUT2D eigenvalue weighted by Crippen LogP contribution is 2.11. The summed E-state index contributed by atoms with van der Waals surface area (Å²) in [5.74, 6) is 0.888. The van der Waals surface area contributed by atoms with E-state index in [4.69, 9.17) is 10.5 Å². The van der Waals surface area contributed by atoms with E-state index in [-0.39, 0.29) is 0 Å². The van der Waals surface area contributed by atoms with Gasteiger partial charge in [-0.25, -0.2) is 0 Å². The molecule has 2 rings (SSSR count). The summed E-state index contributed by atoms with van der Waals surface area (Å²) >= 11 is 0. The summed E-state index contributed by atoms with van der Waals surface area (Å²) in [5, 5.41) is 3.43. The van der Waals surface area contributed by atoms with Gasteiger partial charge >= 0.3 is 0 Å². The van der Waals surface area contributed by atoms with Crippen LogP contribution in [0, 0.1) is 0 Å². The van der Waals surface area contributed by atoms with Gasteiger partial charge in [0.2, 0.25) is 0 Å². The van der Waals surface area contributed by atoms with Gasteiger partial charge in [-0.2, -0.15) is 0 Å². The number of methoxy groups -OCH3 is 1. The average Bonchev–Trinajstić information content (AvgIpc) is 2.48. The van der Waals surface area contributed by atoms with Crippen LogP contribution >= 0.6 is 0 Å². The molecule has 0 aliphatic carbocycles. The Kier molecular flexibility index (Phi) is 4.95. The summed E-state index contributed by atoms with van der Waals surface area (Å²) in [5.41, 5.74) is 9.31. The van der Waals surface area contributed by atoms with Gasteiger partial charge < -0.3 is 15.8 Å². The van der Waals surface area contributed by atoms with Crippen LogP contribution in [0.4, 0.5) is 0 Å². The molecule has 3 N–H and O–H groups in total. The number of nitrogens with two attached hydrogens (primary N) is 1. The third kappa shape index (κ3) is 4.09. The van der Waals surface area contributed by atoms with Crippen LogP contribution in [0.1, 0.15) is 16.7 Å². The van der Waals surface area contributed by atoms with Crippen LogP contribution in [-0.2, 0) is 19.6 Å². The average molecular weight is 256 g/mol. The zero-order chi connectivity index (χ0) is 13.5. The van der Waals surface area contributed by atoms with Crippen LogP contribution in [0.15, 0.2) is 48.5 Å². The zero-order valence-corrected chi connectivity index (χ0v) is 11.2. The summed E-state index contributed by atoms with van der Waals surface area (Å²) in [7, 11) is 1.68. The van der Waals surface area contributed by atoms with Gasteiger partial charge in [0.1, 0.15) is 5.75 Å². The Morgan fingerprint density at radius 3 is 2.32 bits per heavy atom. The monoisotopic (exact) mass is 256 g/mol. The third-order valence-corrected chi connectivity index (χ3v) is 3.04. The number of hydrogen-bond acceptors (Lipinski definition) is 3. The van der Waals surface area contributed by atoms with Crippen molar-refractivity contribution in [3.05, 3.63) is 65.2 Å². The molecule has 2 aromatic rings. The Morgan fingerprint density at radius 2 is 1.63 bits per heavy atom. The van der Waals surface area contributed by atoms with E-state index in [0.29, 0.717) is 6.54 Å². The standard InChI is InChI=1S/C16H20N2O/c1-19-16-7-5-13(6-8-16)11-18-12-15-4-2-3-14(9-15)10-17/h2-9,18H,10-12,17H2,1H3. The van der Waals surface area contributed by atoms with Gasteiger partial charge in [0.05, 0.1) is 7.11 Å². The number of ether oxygens (including phenoxy) is 1. The second kappa shape index (κ2) is 6.92. The van der Waals surface area contributed by atoms with Gasteiger partial charge in [-0.15, -0.1) is 0 Å². The summed E-state index contributed by atoms with van der Waals surface area (Å²) < 4.78 is 5.14. The van der Waals surface area contributed by atoms with Crippen molar-refractivity contribution in [2.75, 3.05) is 7.11 Å². The lowest BCUT2D eigenvalue weighted by Crippen LogP contribution is -2.13. The molecule has 3 nitrogen and oxygen atoms in total. The van der Waals surface area contributed by atoms with Crippen LogP contribution in [0.5, 0.6) is 5.75 Å². The van der Waals surface area contributed by atoms with Gasteiger partial charge in [-0.3, -0.25) is 0 Å². The molecule has 100 valence electrons. The van der Waals surface area contributed by atoms with Gasteiger partial charge in [0, 0.05) is 19.6 Å². The Labute approximate surface area is 114 Å². The molecule has 0 heterocycles. The zero-order valence-electron chi connectivity index (χ0n) is 11.2. The van der Waals surface area contributed by atoms with Gasteiger partial charge in [0.25, 0.3) is 0 Å². The van der Waals surface area contributed by atoms with Crippen molar-refractivity contribution in [1.29, 1.82) is 0 Å². The Balaban J connectivity index is 1.85. The topological polar surface area (TPSA) is 47.3 Å². The van der Waals surface area contributed by atoms with Crippen LogP contribution in [-0.4, -0.2) is 7.11 Å². The van der Waals surface area contributed by atoms with E-state index in [1.807, 2.05) is 24.3 Å². The smallest absolute Gasteiger partial charge is 0.118 e. The molecular weight excluding hydrogens is 236 g/mol. The van der Waals surface area contributed by atoms with E-state index < -0.39 is 0 Å². The minimum atomic E-state index is 0.590. The van der Waals surface area contributed by atoms with E-state index in [9.17, 15) is 0 Å². The first-order valence-electron chi connectivity index (χ1n) is 6.43. The van der Waals surface area contributed by atoms with Crippen molar-refractivity contribution < 1.29 is 4.74 Å². The second-order valence-electron chi connectivity index (χ2n) is 4.48. The molecule has 3 heteroatoms. The summed E-state index contributed by atoms with van der Waals surface area (Å²) in [4.78, 5) is 0. The molecule has 0 fully saturated rings. The molecule has 0 amide bonds. The van der Waals surface area contributed by atoms with Crippen LogP contribution in [0.2, 0.25) is 0 Å². The molecule has 0 saturated carbocycles. The maximum absolute atomic E-state index is 5.63. The van der Waals surface area contributed by atoms with Crippen molar-refractivity contribution in [3.63, 3.8) is 0 Å². The fourth-order valence-corrected chi connectivity index (χ4v) is 1.96. The first-order valence-corrected chi connectivity index (χ1v) is 6.43. The highest BCUT2D eigenvalue weighted by atomic mass is 16.5. The first-order chi connectivity index (χ1) is 9.31. The predicted molar refractivity (Wildman–Crippen MR) is 77.9 cm³/mol. The summed E-state index contributed by atoms with van der Waals surface area (Å²) in [6.45, 7) is 2.28. The normalized spacial score (nSPS) is 10.4. The van der Waals surface area contributed by atoms with Crippen molar-refractivity contribution >= 4 is 0 Å². The molecule has 0 saturated heterocycles. The maximum atomic E-state index is 5.63. The van der Waals surface area contributed by atoms with Crippen molar-refractivity contribution in [3.8, 4) is 5.75 Å². The van der Waals surface area contributed by atoms with E-state index in [0.717, 1.165) is 18.8 Å². The maximum Gasteiger partial charge on any atom is 0.118 e. The van der Waals surface area contributed by atoms with Crippen LogP contribution in [0.3, 0.4) is 0 Å². The van der Waals surface area contributed by atoms with Crippen molar-refractivity contribution in [2.45, 2.75) is 19.6 Å². The molecule has 0 atom stereocenters. The molecule has 0 radical (unpaired) electrons. The van der Waals surface area contributed by atoms with Gasteiger partial charge in [-0.1, -0.05) is 36.4 Å². The van der Waals surface area contributed by atoms with E-state index in [1.54, 1.807) is 7.11 Å². The van der Waals surface area contributed by atoms with Crippen LogP contribution in [0.25, 0.3) is 0 Å². The van der Waals surface area contributed by atoms with E-state index >= 15 is 0 Å². The third-order valence-electron chi connectivity index (χ3n) is 3.04. The van der Waals surface area contributed by atoms with Crippen molar-refractivity contribution in [2.24, 2.45) is 5.73 Å². The fourth-order valence-electron chi connectivity index (χ4n) is 1.96. The van der Waals surface area contributed by atoms with Gasteiger partial charge in [-0.05, 0) is 28.8 Å². The SMILES string of the molecule is COc1ccc(CNCc2cccc(CN)c2)cc1. The minimum Gasteiger partial charge on any atom is -0.497 e. The molecular formula is C16H20N2O. The number of rotatable bonds is 6. The van der Waals surface area contributed by atoms with Crippen molar-refractivity contribution in [1.82, 2.24) is 5.32 Å². The Morgan fingerprint density at radius 1 is 0.947 bits per heavy atom. The minimum absolute atomic E-state index is 0.590. The lowest BCUT2D eigenvalue weighted by molar-refractivity contribution is 0.414. The van der Waals surface area contributed by atoms with E-state index in [1.165, 1.54) is 16.7 Å². The predicted octanol–water partition coefficient (Wildman–Crippen LogP) is 2.44. The first kappa shape index (κ1) is 13.6. The largest absolute Gasteiger partial charge is 0.497 e. The number of nitrogens with one attached hydrogen (secondary N) is 1. The molecule has 2 aromatic carbocycles. The molecule has 0 unspecified atom stereocenters. The summed E-state index contributed by atoms with van der Waals surface area (Å²) in [6.07, 6.45) is 0. The molecule has 0 aromatic heterocycles. The molecule has 0 bridgehead atoms. The fraction of sp³-hybridized carbons (Fsp3) is 0.250. The summed E-state index contributed by atoms with van der Waals surface area (Å²) in [6, 6.07) is 16.4. The molecule has 0 spiro atoms. The molecule has 19 heavy (non-hydrogen) atoms. The Hall–Kier alpha value is -1.84. The molecule has 0 aliphatic heterocycles. The van der Waals surface area contributed by atoms with Gasteiger partial charge in [0.15, 0.2) is 0 Å². The lowest BCUT2D eigenvalue weighted by Gasteiger charge is -2.07. The molecule has 0 aliphatic rings.